The molecule has 2 heterocycles. The summed E-state index contributed by atoms with van der Waals surface area (Å²) in [4.78, 5) is 1.54. The van der Waals surface area contributed by atoms with Gasteiger partial charge in [-0.15, -0.1) is 10.2 Å². The lowest BCUT2D eigenvalue weighted by atomic mass is 10.1. The zero-order chi connectivity index (χ0) is 18.0. The molecule has 0 unspecified atom stereocenters. The highest BCUT2D eigenvalue weighted by molar-refractivity contribution is 7.99. The Labute approximate surface area is 143 Å². The second kappa shape index (κ2) is 7.09. The molecule has 3 rings (SSSR count). The second-order valence-electron chi connectivity index (χ2n) is 4.74. The summed E-state index contributed by atoms with van der Waals surface area (Å²) in [7, 11) is 1.54. The number of ether oxygens (including phenoxy) is 1. The van der Waals surface area contributed by atoms with Crippen LogP contribution in [0, 0.1) is 23.5 Å². The molecule has 0 saturated heterocycles. The molecule has 1 aromatic carbocycles. The fourth-order valence-corrected chi connectivity index (χ4v) is 2.66. The third-order valence-electron chi connectivity index (χ3n) is 3.11. The van der Waals surface area contributed by atoms with Gasteiger partial charge in [0.25, 0.3) is 17.1 Å². The van der Waals surface area contributed by atoms with Crippen LogP contribution in [-0.2, 0) is 6.42 Å². The normalized spacial score (nSPS) is 10.9. The van der Waals surface area contributed by atoms with E-state index in [0.717, 1.165) is 5.56 Å². The van der Waals surface area contributed by atoms with Crippen LogP contribution in [0.25, 0.3) is 0 Å². The van der Waals surface area contributed by atoms with Crippen molar-refractivity contribution in [1.29, 1.82) is 0 Å². The Kier molecular flexibility index (Phi) is 4.88. The number of hydrogen-bond donors (Lipinski definition) is 0. The topological polar surface area (TPSA) is 61.0 Å². The molecule has 0 bridgehead atoms. The predicted molar refractivity (Wildman–Crippen MR) is 78.3 cm³/mol. The third kappa shape index (κ3) is 3.73. The monoisotopic (exact) mass is 371 g/mol. The number of hydrogen-bond acceptors (Lipinski definition) is 6. The zero-order valence-electron chi connectivity index (χ0n) is 12.6. The van der Waals surface area contributed by atoms with Gasteiger partial charge in [0.2, 0.25) is 5.89 Å². The fourth-order valence-electron chi connectivity index (χ4n) is 1.91. The van der Waals surface area contributed by atoms with E-state index in [1.807, 2.05) is 0 Å². The predicted octanol–water partition coefficient (Wildman–Crippen LogP) is 3.77. The Morgan fingerprint density at radius 1 is 1.00 bits per heavy atom. The first-order valence-electron chi connectivity index (χ1n) is 6.81. The number of pyridine rings is 1. The lowest BCUT2D eigenvalue weighted by molar-refractivity contribution is 0.380. The van der Waals surface area contributed by atoms with Gasteiger partial charge in [-0.3, -0.25) is 0 Å². The SMILES string of the molecule is COc1ccc(Cc2nnc(Sc3c(F)c(F)nc(F)c3F)o2)cc1. The number of benzene rings is 1. The summed E-state index contributed by atoms with van der Waals surface area (Å²) < 4.78 is 63.6. The molecule has 3 aromatic rings. The Balaban J connectivity index is 1.78. The van der Waals surface area contributed by atoms with Crippen molar-refractivity contribution in [2.45, 2.75) is 16.5 Å². The fraction of sp³-hybridized carbons (Fsp3) is 0.133. The molecule has 0 fully saturated rings. The minimum Gasteiger partial charge on any atom is -0.497 e. The summed E-state index contributed by atoms with van der Waals surface area (Å²) >= 11 is 0.276. The van der Waals surface area contributed by atoms with E-state index in [0.29, 0.717) is 5.75 Å². The largest absolute Gasteiger partial charge is 0.497 e. The van der Waals surface area contributed by atoms with Gasteiger partial charge in [-0.1, -0.05) is 12.1 Å². The van der Waals surface area contributed by atoms with Gasteiger partial charge < -0.3 is 9.15 Å². The van der Waals surface area contributed by atoms with Crippen LogP contribution < -0.4 is 4.74 Å². The molecule has 2 aromatic heterocycles. The van der Waals surface area contributed by atoms with Crippen LogP contribution >= 0.6 is 11.8 Å². The van der Waals surface area contributed by atoms with Crippen molar-refractivity contribution >= 4 is 11.8 Å². The van der Waals surface area contributed by atoms with E-state index in [1.165, 1.54) is 0 Å². The Bertz CT molecular complexity index is 876. The lowest BCUT2D eigenvalue weighted by Crippen LogP contribution is -2.01. The van der Waals surface area contributed by atoms with Crippen LogP contribution in [0.1, 0.15) is 11.5 Å². The standard InChI is InChI=1S/C15H9F4N3O2S/c1-23-8-4-2-7(3-5-8)6-9-21-22-15(24-9)25-12-10(16)13(18)20-14(19)11(12)17/h2-5H,6H2,1H3. The van der Waals surface area contributed by atoms with E-state index in [1.54, 1.807) is 31.4 Å². The van der Waals surface area contributed by atoms with Crippen molar-refractivity contribution in [3.63, 3.8) is 0 Å². The first-order chi connectivity index (χ1) is 12.0. The molecule has 10 heteroatoms. The number of aromatic nitrogens is 3. The van der Waals surface area contributed by atoms with Crippen LogP contribution in [0.4, 0.5) is 17.6 Å². The molecule has 25 heavy (non-hydrogen) atoms. The molecule has 0 saturated carbocycles. The lowest BCUT2D eigenvalue weighted by Gasteiger charge is -2.02. The van der Waals surface area contributed by atoms with Crippen molar-refractivity contribution in [3.05, 3.63) is 59.2 Å². The number of methoxy groups -OCH3 is 1. The quantitative estimate of drug-likeness (QED) is 0.503. The highest BCUT2D eigenvalue weighted by atomic mass is 32.2. The molecule has 0 atom stereocenters. The highest BCUT2D eigenvalue weighted by Gasteiger charge is 2.23. The van der Waals surface area contributed by atoms with Gasteiger partial charge in [0.05, 0.1) is 18.4 Å². The average Bonchev–Trinajstić information content (AvgIpc) is 3.05. The first kappa shape index (κ1) is 17.2. The molecule has 0 aliphatic rings. The highest BCUT2D eigenvalue weighted by Crippen LogP contribution is 2.32. The summed E-state index contributed by atoms with van der Waals surface area (Å²) in [5.74, 6) is -5.90. The minimum atomic E-state index is -1.75. The molecule has 5 nitrogen and oxygen atoms in total. The van der Waals surface area contributed by atoms with Crippen molar-refractivity contribution in [2.24, 2.45) is 0 Å². The summed E-state index contributed by atoms with van der Waals surface area (Å²) in [6, 6.07) is 7.05. The molecule has 0 spiro atoms. The van der Waals surface area contributed by atoms with Crippen molar-refractivity contribution in [1.82, 2.24) is 15.2 Å². The van der Waals surface area contributed by atoms with Gasteiger partial charge in [-0.05, 0) is 29.5 Å². The van der Waals surface area contributed by atoms with Crippen molar-refractivity contribution in [2.75, 3.05) is 7.11 Å². The molecule has 0 amide bonds. The molecule has 0 radical (unpaired) electrons. The van der Waals surface area contributed by atoms with Crippen LogP contribution in [0.15, 0.2) is 38.8 Å². The van der Waals surface area contributed by atoms with E-state index in [9.17, 15) is 17.6 Å². The molecule has 130 valence electrons. The maximum absolute atomic E-state index is 13.6. The van der Waals surface area contributed by atoms with Crippen LogP contribution in [0.5, 0.6) is 5.75 Å². The minimum absolute atomic E-state index is 0.170. The van der Waals surface area contributed by atoms with E-state index in [-0.39, 0.29) is 29.3 Å². The molecule has 0 aliphatic carbocycles. The third-order valence-corrected chi connectivity index (χ3v) is 4.01. The van der Waals surface area contributed by atoms with Gasteiger partial charge in [0.1, 0.15) is 5.75 Å². The Morgan fingerprint density at radius 3 is 2.24 bits per heavy atom. The Hall–Kier alpha value is -2.62. The van der Waals surface area contributed by atoms with E-state index in [4.69, 9.17) is 9.15 Å². The number of halogens is 4. The maximum atomic E-state index is 13.6. The van der Waals surface area contributed by atoms with Gasteiger partial charge in [0, 0.05) is 0 Å². The number of nitrogens with zero attached hydrogens (tertiary/aromatic N) is 3. The molecule has 0 aliphatic heterocycles. The van der Waals surface area contributed by atoms with E-state index < -0.39 is 28.4 Å². The van der Waals surface area contributed by atoms with E-state index >= 15 is 0 Å². The van der Waals surface area contributed by atoms with Gasteiger partial charge in [-0.2, -0.15) is 13.8 Å². The zero-order valence-corrected chi connectivity index (χ0v) is 13.4. The van der Waals surface area contributed by atoms with Crippen LogP contribution in [0.2, 0.25) is 0 Å². The van der Waals surface area contributed by atoms with Crippen LogP contribution in [-0.4, -0.2) is 22.3 Å². The summed E-state index contributed by atoms with van der Waals surface area (Å²) in [6.45, 7) is 0. The van der Waals surface area contributed by atoms with Gasteiger partial charge >= 0.3 is 0 Å². The summed E-state index contributed by atoms with van der Waals surface area (Å²) in [6.07, 6.45) is 0.265. The Morgan fingerprint density at radius 2 is 1.64 bits per heavy atom. The first-order valence-corrected chi connectivity index (χ1v) is 7.62. The number of rotatable bonds is 5. The smallest absolute Gasteiger partial charge is 0.281 e. The second-order valence-corrected chi connectivity index (χ2v) is 5.70. The molecular formula is C15H9F4N3O2S. The van der Waals surface area contributed by atoms with Gasteiger partial charge in [-0.25, -0.2) is 8.78 Å². The van der Waals surface area contributed by atoms with Crippen LogP contribution in [0.3, 0.4) is 0 Å². The average molecular weight is 371 g/mol. The molecule has 0 N–H and O–H groups in total. The van der Waals surface area contributed by atoms with Crippen molar-refractivity contribution < 1.29 is 26.7 Å². The van der Waals surface area contributed by atoms with Crippen molar-refractivity contribution in [3.8, 4) is 5.75 Å². The van der Waals surface area contributed by atoms with E-state index in [2.05, 4.69) is 15.2 Å². The summed E-state index contributed by atoms with van der Waals surface area (Å²) in [5, 5.41) is 7.09. The van der Waals surface area contributed by atoms with Gasteiger partial charge in [0.15, 0.2) is 11.6 Å². The summed E-state index contributed by atoms with van der Waals surface area (Å²) in [5.41, 5.74) is 0.833. The molecular weight excluding hydrogens is 362 g/mol. The maximum Gasteiger partial charge on any atom is 0.281 e.